The first kappa shape index (κ1) is 19.2. The summed E-state index contributed by atoms with van der Waals surface area (Å²) >= 11 is 5.84. The molecule has 1 aromatic heterocycles. The number of nitrogens with zero attached hydrogens (tertiary/aromatic N) is 1. The molecule has 0 aliphatic carbocycles. The summed E-state index contributed by atoms with van der Waals surface area (Å²) in [6, 6.07) is 13.6. The van der Waals surface area contributed by atoms with Gasteiger partial charge in [0.15, 0.2) is 0 Å². The minimum absolute atomic E-state index is 0.0494. The zero-order valence-corrected chi connectivity index (χ0v) is 16.6. The van der Waals surface area contributed by atoms with Crippen LogP contribution >= 0.6 is 11.6 Å². The van der Waals surface area contributed by atoms with E-state index in [2.05, 4.69) is 48.2 Å². The van der Waals surface area contributed by atoms with Crippen molar-refractivity contribution in [2.24, 2.45) is 0 Å². The summed E-state index contributed by atoms with van der Waals surface area (Å²) in [7, 11) is 0. The predicted molar refractivity (Wildman–Crippen MR) is 110 cm³/mol. The van der Waals surface area contributed by atoms with Crippen LogP contribution in [0.3, 0.4) is 0 Å². The van der Waals surface area contributed by atoms with Crippen LogP contribution in [0.4, 0.5) is 5.69 Å². The number of carbonyl (C=O) groups is 1. The first-order valence-corrected chi connectivity index (χ1v) is 9.37. The molecule has 0 aliphatic rings. The second-order valence-corrected chi connectivity index (χ2v) is 7.89. The summed E-state index contributed by atoms with van der Waals surface area (Å²) in [5, 5.41) is 3.22. The number of H-pyrrole nitrogens is 1. The van der Waals surface area contributed by atoms with Crippen molar-refractivity contribution in [1.29, 1.82) is 0 Å². The fourth-order valence-electron chi connectivity index (χ4n) is 2.75. The average Bonchev–Trinajstić information content (AvgIpc) is 2.97. The molecular formula is C21H24ClN3O2. The number of amides is 1. The molecule has 0 aliphatic heterocycles. The monoisotopic (exact) mass is 385 g/mol. The lowest BCUT2D eigenvalue weighted by atomic mass is 9.87. The van der Waals surface area contributed by atoms with Crippen LogP contribution in [-0.4, -0.2) is 22.5 Å². The van der Waals surface area contributed by atoms with E-state index in [1.165, 1.54) is 5.56 Å². The molecule has 142 valence electrons. The summed E-state index contributed by atoms with van der Waals surface area (Å²) in [4.78, 5) is 19.2. The number of aromatic nitrogens is 2. The number of nitrogens with one attached hydrogen (secondary N) is 2. The molecule has 27 heavy (non-hydrogen) atoms. The maximum atomic E-state index is 12.1. The highest BCUT2D eigenvalue weighted by Gasteiger charge is 2.13. The van der Waals surface area contributed by atoms with Gasteiger partial charge in [-0.15, -0.1) is 0 Å². The van der Waals surface area contributed by atoms with Crippen molar-refractivity contribution in [3.63, 3.8) is 0 Å². The van der Waals surface area contributed by atoms with Gasteiger partial charge in [-0.3, -0.25) is 4.79 Å². The molecule has 0 bridgehead atoms. The van der Waals surface area contributed by atoms with Crippen LogP contribution in [0.2, 0.25) is 5.28 Å². The number of hydrogen-bond acceptors (Lipinski definition) is 3. The van der Waals surface area contributed by atoms with E-state index >= 15 is 0 Å². The van der Waals surface area contributed by atoms with E-state index in [0.29, 0.717) is 30.4 Å². The van der Waals surface area contributed by atoms with Crippen LogP contribution in [0.15, 0.2) is 42.5 Å². The highest BCUT2D eigenvalue weighted by atomic mass is 35.5. The number of aromatic amines is 1. The standard InChI is InChI=1S/C21H24ClN3O2/c1-21(2,3)14-6-9-16(10-7-14)27-12-4-5-19(26)23-15-8-11-17-18(13-15)25-20(22)24-17/h6-11,13H,4-5,12H2,1-3H3,(H,23,26)(H,24,25). The van der Waals surface area contributed by atoms with Crippen LogP contribution in [0.5, 0.6) is 5.75 Å². The van der Waals surface area contributed by atoms with Crippen molar-refractivity contribution in [3.05, 3.63) is 53.3 Å². The summed E-state index contributed by atoms with van der Waals surface area (Å²) < 4.78 is 5.73. The van der Waals surface area contributed by atoms with Gasteiger partial charge >= 0.3 is 0 Å². The van der Waals surface area contributed by atoms with Gasteiger partial charge < -0.3 is 15.0 Å². The summed E-state index contributed by atoms with van der Waals surface area (Å²) in [6.07, 6.45) is 1.03. The van der Waals surface area contributed by atoms with Crippen LogP contribution in [0.1, 0.15) is 39.2 Å². The van der Waals surface area contributed by atoms with Gasteiger partial charge in [-0.1, -0.05) is 32.9 Å². The minimum atomic E-state index is -0.0494. The van der Waals surface area contributed by atoms with Crippen molar-refractivity contribution >= 4 is 34.2 Å². The second kappa shape index (κ2) is 8.01. The van der Waals surface area contributed by atoms with Gasteiger partial charge in [0.25, 0.3) is 0 Å². The fourth-order valence-corrected chi connectivity index (χ4v) is 2.95. The molecule has 0 unspecified atom stereocenters. The molecule has 6 heteroatoms. The van der Waals surface area contributed by atoms with Crippen LogP contribution in [-0.2, 0) is 10.2 Å². The van der Waals surface area contributed by atoms with Crippen LogP contribution in [0, 0.1) is 0 Å². The van der Waals surface area contributed by atoms with Gasteiger partial charge in [0.2, 0.25) is 11.2 Å². The number of rotatable bonds is 6. The lowest BCUT2D eigenvalue weighted by molar-refractivity contribution is -0.116. The quantitative estimate of drug-likeness (QED) is 0.565. The van der Waals surface area contributed by atoms with Gasteiger partial charge in [0.05, 0.1) is 17.6 Å². The number of ether oxygens (including phenoxy) is 1. The number of anilines is 1. The molecule has 3 aromatic rings. The smallest absolute Gasteiger partial charge is 0.224 e. The number of fused-ring (bicyclic) bond motifs is 1. The molecule has 1 heterocycles. The lowest BCUT2D eigenvalue weighted by Gasteiger charge is -2.19. The molecule has 0 spiro atoms. The van der Waals surface area contributed by atoms with Gasteiger partial charge in [-0.05, 0) is 59.3 Å². The van der Waals surface area contributed by atoms with Gasteiger partial charge in [0.1, 0.15) is 5.75 Å². The molecule has 2 aromatic carbocycles. The minimum Gasteiger partial charge on any atom is -0.494 e. The maximum Gasteiger partial charge on any atom is 0.224 e. The van der Waals surface area contributed by atoms with Crippen molar-refractivity contribution in [2.45, 2.75) is 39.0 Å². The SMILES string of the molecule is CC(C)(C)c1ccc(OCCCC(=O)Nc2ccc3nc(Cl)[nH]c3c2)cc1. The third kappa shape index (κ3) is 5.23. The lowest BCUT2D eigenvalue weighted by Crippen LogP contribution is -2.13. The average molecular weight is 386 g/mol. The van der Waals surface area contributed by atoms with Gasteiger partial charge in [-0.25, -0.2) is 4.98 Å². The summed E-state index contributed by atoms with van der Waals surface area (Å²) in [6.45, 7) is 7.04. The summed E-state index contributed by atoms with van der Waals surface area (Å²) in [5.74, 6) is 0.775. The Kier molecular flexibility index (Phi) is 5.71. The molecule has 0 atom stereocenters. The first-order valence-electron chi connectivity index (χ1n) is 9.00. The van der Waals surface area contributed by atoms with Crippen LogP contribution in [0.25, 0.3) is 11.0 Å². The number of carbonyl (C=O) groups excluding carboxylic acids is 1. The molecule has 3 rings (SSSR count). The molecule has 0 saturated carbocycles. The fraction of sp³-hybridized carbons (Fsp3) is 0.333. The highest BCUT2D eigenvalue weighted by Crippen LogP contribution is 2.24. The van der Waals surface area contributed by atoms with Crippen molar-refractivity contribution in [3.8, 4) is 5.75 Å². The number of halogens is 1. The second-order valence-electron chi connectivity index (χ2n) is 7.53. The predicted octanol–water partition coefficient (Wildman–Crippen LogP) is 5.31. The highest BCUT2D eigenvalue weighted by molar-refractivity contribution is 6.29. The van der Waals surface area contributed by atoms with Crippen molar-refractivity contribution in [2.75, 3.05) is 11.9 Å². The molecule has 1 amide bonds. The zero-order chi connectivity index (χ0) is 19.4. The molecule has 5 nitrogen and oxygen atoms in total. The van der Waals surface area contributed by atoms with Crippen molar-refractivity contribution < 1.29 is 9.53 Å². The van der Waals surface area contributed by atoms with E-state index in [4.69, 9.17) is 16.3 Å². The maximum absolute atomic E-state index is 12.1. The molecule has 0 fully saturated rings. The number of hydrogen-bond donors (Lipinski definition) is 2. The van der Waals surface area contributed by atoms with E-state index in [9.17, 15) is 4.79 Å². The normalized spacial score (nSPS) is 11.6. The first-order chi connectivity index (χ1) is 12.8. The largest absolute Gasteiger partial charge is 0.494 e. The van der Waals surface area contributed by atoms with E-state index in [-0.39, 0.29) is 11.3 Å². The Labute approximate surface area is 164 Å². The van der Waals surface area contributed by atoms with Crippen molar-refractivity contribution in [1.82, 2.24) is 9.97 Å². The molecule has 0 radical (unpaired) electrons. The van der Waals surface area contributed by atoms with Gasteiger partial charge in [0, 0.05) is 12.1 Å². The van der Waals surface area contributed by atoms with E-state index in [0.717, 1.165) is 16.8 Å². The Morgan fingerprint density at radius 1 is 1.19 bits per heavy atom. The van der Waals surface area contributed by atoms with Gasteiger partial charge in [-0.2, -0.15) is 0 Å². The Bertz CT molecular complexity index is 927. The summed E-state index contributed by atoms with van der Waals surface area (Å²) in [5.41, 5.74) is 3.67. The Hall–Kier alpha value is -2.53. The van der Waals surface area contributed by atoms with E-state index in [1.54, 1.807) is 0 Å². The Morgan fingerprint density at radius 3 is 2.63 bits per heavy atom. The molecule has 0 saturated heterocycles. The topological polar surface area (TPSA) is 67.0 Å². The van der Waals surface area contributed by atoms with E-state index < -0.39 is 0 Å². The molecular weight excluding hydrogens is 362 g/mol. The third-order valence-corrected chi connectivity index (χ3v) is 4.45. The number of benzene rings is 2. The third-order valence-electron chi connectivity index (χ3n) is 4.27. The Balaban J connectivity index is 1.43. The van der Waals surface area contributed by atoms with Crippen LogP contribution < -0.4 is 10.1 Å². The van der Waals surface area contributed by atoms with E-state index in [1.807, 2.05) is 30.3 Å². The number of imidazole rings is 1. The Morgan fingerprint density at radius 2 is 1.93 bits per heavy atom. The molecule has 2 N–H and O–H groups in total. The zero-order valence-electron chi connectivity index (χ0n) is 15.8.